The van der Waals surface area contributed by atoms with E-state index >= 15 is 0 Å². The summed E-state index contributed by atoms with van der Waals surface area (Å²) < 4.78 is 0. The molecule has 0 aromatic carbocycles. The van der Waals surface area contributed by atoms with Crippen LogP contribution in [0.5, 0.6) is 0 Å². The zero-order valence-electron chi connectivity index (χ0n) is 8.21. The summed E-state index contributed by atoms with van der Waals surface area (Å²) in [5.41, 5.74) is 1.49. The van der Waals surface area contributed by atoms with Crippen LogP contribution in [0.4, 0.5) is 0 Å². The summed E-state index contributed by atoms with van der Waals surface area (Å²) in [6.45, 7) is 4.16. The van der Waals surface area contributed by atoms with Gasteiger partial charge in [-0.3, -0.25) is 0 Å². The Bertz CT molecular complexity index is 301. The van der Waals surface area contributed by atoms with Crippen LogP contribution in [-0.2, 0) is 12.8 Å². The zero-order valence-corrected chi connectivity index (χ0v) is 9.03. The van der Waals surface area contributed by atoms with Crippen LogP contribution in [0.2, 0.25) is 0 Å². The van der Waals surface area contributed by atoms with Crippen molar-refractivity contribution in [2.45, 2.75) is 39.2 Å². The lowest BCUT2D eigenvalue weighted by Crippen LogP contribution is -2.08. The highest BCUT2D eigenvalue weighted by molar-refractivity contribution is 7.12. The van der Waals surface area contributed by atoms with Gasteiger partial charge in [-0.05, 0) is 43.7 Å². The van der Waals surface area contributed by atoms with Crippen molar-refractivity contribution in [2.24, 2.45) is 5.92 Å². The molecule has 1 N–H and O–H groups in total. The molecule has 2 heteroatoms. The molecular weight excluding hydrogens is 180 g/mol. The maximum absolute atomic E-state index is 9.45. The van der Waals surface area contributed by atoms with Crippen molar-refractivity contribution < 1.29 is 5.11 Å². The summed E-state index contributed by atoms with van der Waals surface area (Å²) in [4.78, 5) is 2.65. The van der Waals surface area contributed by atoms with E-state index in [2.05, 4.69) is 13.0 Å². The van der Waals surface area contributed by atoms with Crippen LogP contribution in [0.15, 0.2) is 6.07 Å². The molecule has 1 aromatic rings. The molecule has 13 heavy (non-hydrogen) atoms. The maximum atomic E-state index is 9.45. The summed E-state index contributed by atoms with van der Waals surface area (Å²) in [5.74, 6) is 0.823. The first kappa shape index (κ1) is 9.22. The molecule has 0 spiro atoms. The second-order valence-electron chi connectivity index (χ2n) is 4.12. The molecule has 0 saturated carbocycles. The molecule has 2 rings (SSSR count). The first-order chi connectivity index (χ1) is 6.16. The molecular formula is C11H16OS. The summed E-state index contributed by atoms with van der Waals surface area (Å²) in [6.07, 6.45) is 3.45. The van der Waals surface area contributed by atoms with Gasteiger partial charge >= 0.3 is 0 Å². The molecule has 72 valence electrons. The van der Waals surface area contributed by atoms with Crippen molar-refractivity contribution in [3.63, 3.8) is 0 Å². The molecule has 2 atom stereocenters. The van der Waals surface area contributed by atoms with E-state index in [1.54, 1.807) is 11.3 Å². The highest BCUT2D eigenvalue weighted by atomic mass is 32.1. The predicted octanol–water partition coefficient (Wildman–Crippen LogP) is 2.93. The number of aliphatic hydroxyl groups is 1. The third-order valence-electron chi connectivity index (χ3n) is 2.76. The molecule has 1 nitrogen and oxygen atoms in total. The quantitative estimate of drug-likeness (QED) is 0.732. The van der Waals surface area contributed by atoms with Gasteiger partial charge in [0.05, 0.1) is 6.10 Å². The van der Waals surface area contributed by atoms with Gasteiger partial charge in [0.15, 0.2) is 0 Å². The van der Waals surface area contributed by atoms with Crippen molar-refractivity contribution in [1.29, 1.82) is 0 Å². The van der Waals surface area contributed by atoms with Crippen LogP contribution in [0, 0.1) is 5.92 Å². The van der Waals surface area contributed by atoms with Gasteiger partial charge in [-0.15, -0.1) is 11.3 Å². The number of hydrogen-bond acceptors (Lipinski definition) is 2. The van der Waals surface area contributed by atoms with Crippen LogP contribution in [0.25, 0.3) is 0 Å². The predicted molar refractivity (Wildman–Crippen MR) is 56.1 cm³/mol. The molecule has 0 fully saturated rings. The Morgan fingerprint density at radius 2 is 2.38 bits per heavy atom. The third kappa shape index (κ3) is 1.79. The Morgan fingerprint density at radius 3 is 3.08 bits per heavy atom. The van der Waals surface area contributed by atoms with Crippen molar-refractivity contribution in [3.05, 3.63) is 21.4 Å². The van der Waals surface area contributed by atoms with Gasteiger partial charge in [0.25, 0.3) is 0 Å². The van der Waals surface area contributed by atoms with E-state index in [-0.39, 0.29) is 6.10 Å². The van der Waals surface area contributed by atoms with Crippen LogP contribution in [0.1, 0.15) is 41.7 Å². The average molecular weight is 196 g/mol. The monoisotopic (exact) mass is 196 g/mol. The maximum Gasteiger partial charge on any atom is 0.0854 e. The largest absolute Gasteiger partial charge is 0.388 e. The number of fused-ring (bicyclic) bond motifs is 1. The molecule has 1 heterocycles. The van der Waals surface area contributed by atoms with E-state index in [1.807, 2.05) is 6.92 Å². The van der Waals surface area contributed by atoms with Gasteiger partial charge in [-0.1, -0.05) is 6.92 Å². The van der Waals surface area contributed by atoms with Gasteiger partial charge in [0.1, 0.15) is 0 Å². The third-order valence-corrected chi connectivity index (χ3v) is 4.17. The molecule has 0 radical (unpaired) electrons. The smallest absolute Gasteiger partial charge is 0.0854 e. The van der Waals surface area contributed by atoms with Crippen molar-refractivity contribution >= 4 is 11.3 Å². The van der Waals surface area contributed by atoms with Gasteiger partial charge in [-0.25, -0.2) is 0 Å². The summed E-state index contributed by atoms with van der Waals surface area (Å²) >= 11 is 1.80. The highest BCUT2D eigenvalue weighted by Crippen LogP contribution is 2.34. The van der Waals surface area contributed by atoms with Crippen molar-refractivity contribution in [3.8, 4) is 0 Å². The topological polar surface area (TPSA) is 20.2 Å². The standard InChI is InChI=1S/C11H16OS/c1-7-3-4-10-9(5-7)6-11(13-10)8(2)12/h6-8,12H,3-5H2,1-2H3. The van der Waals surface area contributed by atoms with Crippen molar-refractivity contribution in [1.82, 2.24) is 0 Å². The first-order valence-corrected chi connectivity index (χ1v) is 5.78. The molecule has 0 saturated heterocycles. The van der Waals surface area contributed by atoms with Gasteiger partial charge in [-0.2, -0.15) is 0 Å². The fourth-order valence-corrected chi connectivity index (χ4v) is 3.08. The minimum Gasteiger partial charge on any atom is -0.388 e. The number of aliphatic hydroxyl groups excluding tert-OH is 1. The van der Waals surface area contributed by atoms with Crippen LogP contribution >= 0.6 is 11.3 Å². The lowest BCUT2D eigenvalue weighted by atomic mass is 9.90. The molecule has 0 amide bonds. The minimum atomic E-state index is -0.286. The van der Waals surface area contributed by atoms with Gasteiger partial charge in [0, 0.05) is 9.75 Å². The first-order valence-electron chi connectivity index (χ1n) is 4.96. The van der Waals surface area contributed by atoms with Crippen LogP contribution in [0.3, 0.4) is 0 Å². The molecule has 2 unspecified atom stereocenters. The van der Waals surface area contributed by atoms with E-state index in [0.29, 0.717) is 0 Å². The van der Waals surface area contributed by atoms with Crippen LogP contribution < -0.4 is 0 Å². The molecule has 0 aliphatic heterocycles. The summed E-state index contributed by atoms with van der Waals surface area (Å²) in [7, 11) is 0. The van der Waals surface area contributed by atoms with Crippen molar-refractivity contribution in [2.75, 3.05) is 0 Å². The molecule has 0 bridgehead atoms. The number of hydrogen-bond donors (Lipinski definition) is 1. The lowest BCUT2D eigenvalue weighted by molar-refractivity contribution is 0.203. The average Bonchev–Trinajstić information content (AvgIpc) is 2.46. The highest BCUT2D eigenvalue weighted by Gasteiger charge is 2.19. The Balaban J connectivity index is 2.28. The van der Waals surface area contributed by atoms with E-state index in [9.17, 15) is 5.11 Å². The SMILES string of the molecule is CC1CCc2sc(C(C)O)cc2C1. The number of aryl methyl sites for hydroxylation is 1. The van der Waals surface area contributed by atoms with E-state index < -0.39 is 0 Å². The normalized spacial score (nSPS) is 24.1. The lowest BCUT2D eigenvalue weighted by Gasteiger charge is -2.17. The second-order valence-corrected chi connectivity index (χ2v) is 5.29. The second kappa shape index (κ2) is 3.43. The molecule has 1 aliphatic rings. The number of rotatable bonds is 1. The molecule has 1 aromatic heterocycles. The molecule has 1 aliphatic carbocycles. The van der Waals surface area contributed by atoms with Crippen LogP contribution in [-0.4, -0.2) is 5.11 Å². The van der Waals surface area contributed by atoms with Gasteiger partial charge < -0.3 is 5.11 Å². The Labute approximate surface area is 83.4 Å². The zero-order chi connectivity index (χ0) is 9.42. The van der Waals surface area contributed by atoms with E-state index in [1.165, 1.54) is 29.7 Å². The number of thiophene rings is 1. The van der Waals surface area contributed by atoms with E-state index in [0.717, 1.165) is 10.8 Å². The van der Waals surface area contributed by atoms with Gasteiger partial charge in [0.2, 0.25) is 0 Å². The fourth-order valence-electron chi connectivity index (χ4n) is 1.93. The fraction of sp³-hybridized carbons (Fsp3) is 0.636. The Hall–Kier alpha value is -0.340. The minimum absolute atomic E-state index is 0.286. The summed E-state index contributed by atoms with van der Waals surface area (Å²) in [5, 5.41) is 9.45. The Morgan fingerprint density at radius 1 is 1.62 bits per heavy atom. The Kier molecular flexibility index (Phi) is 2.43. The summed E-state index contributed by atoms with van der Waals surface area (Å²) in [6, 6.07) is 2.19. The van der Waals surface area contributed by atoms with E-state index in [4.69, 9.17) is 0 Å².